The number of hydrogen-bond donors (Lipinski definition) is 1. The van der Waals surface area contributed by atoms with Gasteiger partial charge in [-0.2, -0.15) is 4.73 Å². The minimum absolute atomic E-state index is 0.217. The van der Waals surface area contributed by atoms with Crippen molar-refractivity contribution in [3.05, 3.63) is 64.4 Å². The molecule has 1 heterocycles. The summed E-state index contributed by atoms with van der Waals surface area (Å²) in [7, 11) is 0. The molecular formula is C17H12F3NO3. The highest BCUT2D eigenvalue weighted by Gasteiger charge is 2.31. The van der Waals surface area contributed by atoms with Crippen LogP contribution in [0.4, 0.5) is 13.2 Å². The fourth-order valence-corrected chi connectivity index (χ4v) is 2.60. The van der Waals surface area contributed by atoms with Gasteiger partial charge in [0.05, 0.1) is 16.8 Å². The molecular weight excluding hydrogens is 323 g/mol. The molecule has 3 rings (SSSR count). The van der Waals surface area contributed by atoms with Crippen molar-refractivity contribution in [1.82, 2.24) is 4.73 Å². The summed E-state index contributed by atoms with van der Waals surface area (Å²) in [6, 6.07) is 11.5. The number of aromatic nitrogens is 1. The monoisotopic (exact) mass is 335 g/mol. The Morgan fingerprint density at radius 1 is 1.04 bits per heavy atom. The van der Waals surface area contributed by atoms with Gasteiger partial charge in [-0.1, -0.05) is 24.3 Å². The Kier molecular flexibility index (Phi) is 3.71. The van der Waals surface area contributed by atoms with Crippen molar-refractivity contribution in [3.63, 3.8) is 0 Å². The number of fused-ring (bicyclic) bond motifs is 1. The van der Waals surface area contributed by atoms with E-state index in [1.54, 1.807) is 31.2 Å². The van der Waals surface area contributed by atoms with Crippen LogP contribution in [0, 0.1) is 6.92 Å². The Morgan fingerprint density at radius 3 is 2.29 bits per heavy atom. The van der Waals surface area contributed by atoms with Crippen molar-refractivity contribution < 1.29 is 23.1 Å². The van der Waals surface area contributed by atoms with E-state index in [4.69, 9.17) is 0 Å². The molecule has 0 saturated carbocycles. The third kappa shape index (κ3) is 2.80. The van der Waals surface area contributed by atoms with Gasteiger partial charge in [-0.3, -0.25) is 4.79 Å². The minimum Gasteiger partial charge on any atom is -0.428 e. The summed E-state index contributed by atoms with van der Waals surface area (Å²) in [6.45, 7) is 1.56. The zero-order chi connectivity index (χ0) is 17.5. The number of rotatable bonds is 2. The summed E-state index contributed by atoms with van der Waals surface area (Å²) < 4.78 is 41.3. The van der Waals surface area contributed by atoms with Gasteiger partial charge in [0.25, 0.3) is 0 Å². The molecule has 2 aromatic carbocycles. The number of benzene rings is 2. The van der Waals surface area contributed by atoms with E-state index < -0.39 is 6.36 Å². The van der Waals surface area contributed by atoms with Crippen LogP contribution < -0.4 is 10.2 Å². The maximum Gasteiger partial charge on any atom is 0.573 e. The fourth-order valence-electron chi connectivity index (χ4n) is 2.60. The molecule has 0 aliphatic heterocycles. The number of nitrogens with zero attached hydrogens (tertiary/aromatic N) is 1. The molecule has 0 aliphatic rings. The molecule has 0 unspecified atom stereocenters. The molecule has 0 saturated heterocycles. The SMILES string of the molecule is Cc1c(-c2ccc(OC(F)(F)F)cc2)c(=O)c2ccccc2n1O. The van der Waals surface area contributed by atoms with Crippen molar-refractivity contribution >= 4 is 10.9 Å². The summed E-state index contributed by atoms with van der Waals surface area (Å²) in [5, 5.41) is 10.6. The van der Waals surface area contributed by atoms with Crippen molar-refractivity contribution in [3.8, 4) is 16.9 Å². The smallest absolute Gasteiger partial charge is 0.428 e. The number of halogens is 3. The highest BCUT2D eigenvalue weighted by atomic mass is 19.4. The van der Waals surface area contributed by atoms with E-state index in [2.05, 4.69) is 4.74 Å². The van der Waals surface area contributed by atoms with Crippen LogP contribution >= 0.6 is 0 Å². The first-order chi connectivity index (χ1) is 11.3. The van der Waals surface area contributed by atoms with E-state index in [1.807, 2.05) is 0 Å². The molecule has 0 bridgehead atoms. The quantitative estimate of drug-likeness (QED) is 0.717. The Hall–Kier alpha value is -2.96. The summed E-state index contributed by atoms with van der Waals surface area (Å²) in [5.74, 6) is -0.381. The highest BCUT2D eigenvalue weighted by molar-refractivity contribution is 5.85. The lowest BCUT2D eigenvalue weighted by Crippen LogP contribution is -2.17. The first-order valence-electron chi connectivity index (χ1n) is 6.98. The Bertz CT molecular complexity index is 960. The van der Waals surface area contributed by atoms with Gasteiger partial charge in [0, 0.05) is 5.39 Å². The Morgan fingerprint density at radius 2 is 1.67 bits per heavy atom. The van der Waals surface area contributed by atoms with E-state index in [1.165, 1.54) is 12.1 Å². The maximum atomic E-state index is 12.7. The van der Waals surface area contributed by atoms with E-state index in [-0.39, 0.29) is 16.7 Å². The molecule has 4 nitrogen and oxygen atoms in total. The fraction of sp³-hybridized carbons (Fsp3) is 0.118. The van der Waals surface area contributed by atoms with Gasteiger partial charge in [0.1, 0.15) is 5.75 Å². The lowest BCUT2D eigenvalue weighted by atomic mass is 10.0. The predicted octanol–water partition coefficient (Wildman–Crippen LogP) is 4.11. The average molecular weight is 335 g/mol. The molecule has 3 aromatic rings. The van der Waals surface area contributed by atoms with Gasteiger partial charge in [-0.15, -0.1) is 13.2 Å². The van der Waals surface area contributed by atoms with E-state index >= 15 is 0 Å². The van der Waals surface area contributed by atoms with Crippen LogP contribution in [0.5, 0.6) is 5.75 Å². The first-order valence-corrected chi connectivity index (χ1v) is 6.98. The summed E-state index contributed by atoms with van der Waals surface area (Å²) in [6.07, 6.45) is -4.78. The third-order valence-electron chi connectivity index (χ3n) is 3.66. The number of ether oxygens (including phenoxy) is 1. The molecule has 1 aromatic heterocycles. The zero-order valence-electron chi connectivity index (χ0n) is 12.5. The largest absolute Gasteiger partial charge is 0.573 e. The Labute approximate surface area is 134 Å². The molecule has 24 heavy (non-hydrogen) atoms. The van der Waals surface area contributed by atoms with Gasteiger partial charge < -0.3 is 9.94 Å². The van der Waals surface area contributed by atoms with Crippen molar-refractivity contribution in [2.24, 2.45) is 0 Å². The second-order valence-electron chi connectivity index (χ2n) is 5.19. The predicted molar refractivity (Wildman–Crippen MR) is 82.2 cm³/mol. The molecule has 0 atom stereocenters. The van der Waals surface area contributed by atoms with E-state index in [0.717, 1.165) is 16.9 Å². The van der Waals surface area contributed by atoms with Crippen LogP contribution in [0.3, 0.4) is 0 Å². The average Bonchev–Trinajstić information content (AvgIpc) is 2.53. The Balaban J connectivity index is 2.15. The van der Waals surface area contributed by atoms with Gasteiger partial charge in [0.2, 0.25) is 0 Å². The highest BCUT2D eigenvalue weighted by Crippen LogP contribution is 2.27. The standard InChI is InChI=1S/C17H12F3NO3/c1-10-15(11-6-8-12(9-7-11)24-17(18,19)20)16(22)13-4-2-3-5-14(13)21(10)23/h2-9,23H,1H3. The minimum atomic E-state index is -4.78. The van der Waals surface area contributed by atoms with Crippen molar-refractivity contribution in [2.75, 3.05) is 0 Å². The van der Waals surface area contributed by atoms with E-state index in [9.17, 15) is 23.2 Å². The number of para-hydroxylation sites is 1. The number of alkyl halides is 3. The van der Waals surface area contributed by atoms with Crippen molar-refractivity contribution in [1.29, 1.82) is 0 Å². The molecule has 0 spiro atoms. The summed E-state index contributed by atoms with van der Waals surface area (Å²) in [5.41, 5.74) is 0.956. The zero-order valence-corrected chi connectivity index (χ0v) is 12.5. The summed E-state index contributed by atoms with van der Waals surface area (Å²) in [4.78, 5) is 12.7. The van der Waals surface area contributed by atoms with Crippen LogP contribution in [-0.4, -0.2) is 16.3 Å². The maximum absolute atomic E-state index is 12.7. The second kappa shape index (κ2) is 5.59. The normalized spacial score (nSPS) is 11.7. The van der Waals surface area contributed by atoms with E-state index in [0.29, 0.717) is 22.2 Å². The molecule has 7 heteroatoms. The van der Waals surface area contributed by atoms with Crippen LogP contribution in [0.25, 0.3) is 22.0 Å². The van der Waals surface area contributed by atoms with Crippen LogP contribution in [0.1, 0.15) is 5.69 Å². The van der Waals surface area contributed by atoms with Crippen molar-refractivity contribution in [2.45, 2.75) is 13.3 Å². The second-order valence-corrected chi connectivity index (χ2v) is 5.19. The first kappa shape index (κ1) is 15.9. The topological polar surface area (TPSA) is 51.5 Å². The lowest BCUT2D eigenvalue weighted by molar-refractivity contribution is -0.274. The number of hydrogen-bond acceptors (Lipinski definition) is 3. The number of pyridine rings is 1. The van der Waals surface area contributed by atoms with Crippen LogP contribution in [-0.2, 0) is 0 Å². The summed E-state index contributed by atoms with van der Waals surface area (Å²) >= 11 is 0. The molecule has 0 fully saturated rings. The third-order valence-corrected chi connectivity index (χ3v) is 3.66. The molecule has 124 valence electrons. The molecule has 0 aliphatic carbocycles. The molecule has 0 radical (unpaired) electrons. The van der Waals surface area contributed by atoms with Crippen LogP contribution in [0.15, 0.2) is 53.3 Å². The van der Waals surface area contributed by atoms with Gasteiger partial charge in [-0.25, -0.2) is 0 Å². The van der Waals surface area contributed by atoms with Gasteiger partial charge in [-0.05, 0) is 36.8 Å². The van der Waals surface area contributed by atoms with Crippen LogP contribution in [0.2, 0.25) is 0 Å². The van der Waals surface area contributed by atoms with Gasteiger partial charge in [0.15, 0.2) is 5.43 Å². The molecule has 0 amide bonds. The lowest BCUT2D eigenvalue weighted by Gasteiger charge is -2.13. The molecule has 1 N–H and O–H groups in total. The van der Waals surface area contributed by atoms with Gasteiger partial charge >= 0.3 is 6.36 Å².